The van der Waals surface area contributed by atoms with Crippen molar-refractivity contribution in [2.75, 3.05) is 30.8 Å². The molecule has 0 fully saturated rings. The number of rotatable bonds is 12. The van der Waals surface area contributed by atoms with Crippen LogP contribution in [0, 0.1) is 0 Å². The molecule has 10 heteroatoms. The molecule has 0 aliphatic carbocycles. The molecular weight excluding hydrogens is 478 g/mol. The van der Waals surface area contributed by atoms with Gasteiger partial charge in [0.1, 0.15) is 18.3 Å². The van der Waals surface area contributed by atoms with Crippen LogP contribution in [0.4, 0.5) is 5.69 Å². The number of ether oxygens (including phenoxy) is 1. The van der Waals surface area contributed by atoms with Crippen LogP contribution in [0.1, 0.15) is 32.3 Å². The first-order valence-corrected chi connectivity index (χ1v) is 13.3. The summed E-state index contributed by atoms with van der Waals surface area (Å²) < 4.78 is 31.7. The number of halogens is 1. The van der Waals surface area contributed by atoms with Gasteiger partial charge in [-0.05, 0) is 42.7 Å². The Bertz CT molecular complexity index is 1080. The lowest BCUT2D eigenvalue weighted by molar-refractivity contribution is -0.140. The number of benzene rings is 2. The average molecular weight is 510 g/mol. The monoisotopic (exact) mass is 509 g/mol. The van der Waals surface area contributed by atoms with Crippen molar-refractivity contribution in [3.63, 3.8) is 0 Å². The molecule has 0 bridgehead atoms. The van der Waals surface area contributed by atoms with E-state index in [1.54, 1.807) is 48.5 Å². The summed E-state index contributed by atoms with van der Waals surface area (Å²) in [6.07, 6.45) is 2.15. The molecule has 0 radical (unpaired) electrons. The number of methoxy groups -OCH3 is 1. The Hall–Kier alpha value is -2.78. The summed E-state index contributed by atoms with van der Waals surface area (Å²) >= 11 is 5.99. The molecule has 186 valence electrons. The summed E-state index contributed by atoms with van der Waals surface area (Å²) in [6, 6.07) is 12.8. The molecular formula is C24H32ClN3O5S. The molecule has 34 heavy (non-hydrogen) atoms. The van der Waals surface area contributed by atoms with Gasteiger partial charge in [0.2, 0.25) is 21.8 Å². The van der Waals surface area contributed by atoms with E-state index in [1.165, 1.54) is 12.0 Å². The molecule has 1 atom stereocenters. The molecule has 2 amide bonds. The van der Waals surface area contributed by atoms with Crippen LogP contribution in [0.15, 0.2) is 48.5 Å². The van der Waals surface area contributed by atoms with Crippen LogP contribution in [-0.2, 0) is 26.2 Å². The SMILES string of the molecule is CCCNC(=O)[C@H](CC)N(Cc1ccc(Cl)cc1)C(=O)CN(c1ccccc1OC)S(C)(=O)=O. The van der Waals surface area contributed by atoms with Gasteiger partial charge in [-0.15, -0.1) is 0 Å². The maximum atomic E-state index is 13.6. The molecule has 0 aliphatic heterocycles. The second-order valence-electron chi connectivity index (χ2n) is 7.80. The van der Waals surface area contributed by atoms with Crippen LogP contribution in [0.3, 0.4) is 0 Å². The molecule has 0 spiro atoms. The number of amides is 2. The molecule has 2 aromatic rings. The molecule has 0 aliphatic rings. The Labute approximate surface area is 206 Å². The first-order chi connectivity index (χ1) is 16.1. The van der Waals surface area contributed by atoms with E-state index in [0.717, 1.165) is 22.5 Å². The molecule has 2 rings (SSSR count). The predicted octanol–water partition coefficient (Wildman–Crippen LogP) is 3.45. The molecule has 0 saturated carbocycles. The highest BCUT2D eigenvalue weighted by Gasteiger charge is 2.32. The standard InChI is InChI=1S/C24H32ClN3O5S/c1-5-15-26-24(30)20(6-2)27(16-18-11-13-19(25)14-12-18)23(29)17-28(34(4,31)32)21-9-7-8-10-22(21)33-3/h7-14,20H,5-6,15-17H2,1-4H3,(H,26,30)/t20-/m0/s1. The fourth-order valence-electron chi connectivity index (χ4n) is 3.50. The van der Waals surface area contributed by atoms with Crippen molar-refractivity contribution in [3.8, 4) is 5.75 Å². The summed E-state index contributed by atoms with van der Waals surface area (Å²) in [5, 5.41) is 3.39. The Morgan fingerprint density at radius 2 is 1.74 bits per heavy atom. The van der Waals surface area contributed by atoms with E-state index in [2.05, 4.69) is 5.32 Å². The molecule has 0 saturated heterocycles. The Balaban J connectivity index is 2.45. The first kappa shape index (κ1) is 27.5. The third kappa shape index (κ3) is 7.36. The number of hydrogen-bond donors (Lipinski definition) is 1. The van der Waals surface area contributed by atoms with E-state index in [9.17, 15) is 18.0 Å². The molecule has 0 unspecified atom stereocenters. The molecule has 0 heterocycles. The minimum Gasteiger partial charge on any atom is -0.495 e. The van der Waals surface area contributed by atoms with Crippen LogP contribution in [-0.4, -0.2) is 57.6 Å². The minimum absolute atomic E-state index is 0.123. The van der Waals surface area contributed by atoms with Crippen molar-refractivity contribution in [2.45, 2.75) is 39.3 Å². The van der Waals surface area contributed by atoms with Gasteiger partial charge in [0, 0.05) is 18.1 Å². The number of hydrogen-bond acceptors (Lipinski definition) is 5. The van der Waals surface area contributed by atoms with Gasteiger partial charge in [-0.3, -0.25) is 13.9 Å². The average Bonchev–Trinajstić information content (AvgIpc) is 2.81. The maximum absolute atomic E-state index is 13.6. The van der Waals surface area contributed by atoms with Gasteiger partial charge in [0.25, 0.3) is 0 Å². The van der Waals surface area contributed by atoms with Gasteiger partial charge >= 0.3 is 0 Å². The van der Waals surface area contributed by atoms with Crippen molar-refractivity contribution < 1.29 is 22.7 Å². The normalized spacial score (nSPS) is 12.0. The van der Waals surface area contributed by atoms with E-state index < -0.39 is 28.5 Å². The zero-order valence-electron chi connectivity index (χ0n) is 20.0. The summed E-state index contributed by atoms with van der Waals surface area (Å²) in [7, 11) is -2.41. The first-order valence-electron chi connectivity index (χ1n) is 11.0. The highest BCUT2D eigenvalue weighted by Crippen LogP contribution is 2.29. The lowest BCUT2D eigenvalue weighted by atomic mass is 10.1. The quantitative estimate of drug-likeness (QED) is 0.472. The van der Waals surface area contributed by atoms with E-state index >= 15 is 0 Å². The predicted molar refractivity (Wildman–Crippen MR) is 135 cm³/mol. The largest absolute Gasteiger partial charge is 0.495 e. The van der Waals surface area contributed by atoms with Crippen molar-refractivity contribution >= 4 is 39.1 Å². The number of sulfonamides is 1. The van der Waals surface area contributed by atoms with E-state index in [1.807, 2.05) is 13.8 Å². The highest BCUT2D eigenvalue weighted by atomic mass is 35.5. The Morgan fingerprint density at radius 1 is 1.09 bits per heavy atom. The summed E-state index contributed by atoms with van der Waals surface area (Å²) in [4.78, 5) is 27.9. The second-order valence-corrected chi connectivity index (χ2v) is 10.1. The topological polar surface area (TPSA) is 96.0 Å². The zero-order chi connectivity index (χ0) is 25.3. The smallest absolute Gasteiger partial charge is 0.244 e. The zero-order valence-corrected chi connectivity index (χ0v) is 21.5. The number of para-hydroxylation sites is 2. The van der Waals surface area contributed by atoms with Crippen molar-refractivity contribution in [3.05, 3.63) is 59.1 Å². The Morgan fingerprint density at radius 3 is 2.29 bits per heavy atom. The molecule has 0 aromatic heterocycles. The second kappa shape index (κ2) is 12.6. The lowest BCUT2D eigenvalue weighted by Gasteiger charge is -2.33. The minimum atomic E-state index is -3.84. The molecule has 2 aromatic carbocycles. The maximum Gasteiger partial charge on any atom is 0.244 e. The Kier molecular flexibility index (Phi) is 10.2. The molecule has 8 nitrogen and oxygen atoms in total. The molecule has 1 N–H and O–H groups in total. The van der Waals surface area contributed by atoms with Crippen molar-refractivity contribution in [2.24, 2.45) is 0 Å². The number of nitrogens with zero attached hydrogens (tertiary/aromatic N) is 2. The number of carbonyl (C=O) groups is 2. The van der Waals surface area contributed by atoms with E-state index in [4.69, 9.17) is 16.3 Å². The number of carbonyl (C=O) groups excluding carboxylic acids is 2. The number of nitrogens with one attached hydrogen (secondary N) is 1. The van der Waals surface area contributed by atoms with Crippen molar-refractivity contribution in [1.82, 2.24) is 10.2 Å². The van der Waals surface area contributed by atoms with Gasteiger partial charge in [-0.1, -0.05) is 49.7 Å². The van der Waals surface area contributed by atoms with Gasteiger partial charge in [-0.25, -0.2) is 8.42 Å². The summed E-state index contributed by atoms with van der Waals surface area (Å²) in [6.45, 7) is 3.87. The van der Waals surface area contributed by atoms with Gasteiger partial charge in [0.05, 0.1) is 19.1 Å². The van der Waals surface area contributed by atoms with Crippen LogP contribution >= 0.6 is 11.6 Å². The third-order valence-electron chi connectivity index (χ3n) is 5.23. The number of anilines is 1. The van der Waals surface area contributed by atoms with Gasteiger partial charge in [0.15, 0.2) is 0 Å². The highest BCUT2D eigenvalue weighted by molar-refractivity contribution is 7.92. The third-order valence-corrected chi connectivity index (χ3v) is 6.61. The van der Waals surface area contributed by atoms with Crippen molar-refractivity contribution in [1.29, 1.82) is 0 Å². The van der Waals surface area contributed by atoms with E-state index in [0.29, 0.717) is 23.7 Å². The fraction of sp³-hybridized carbons (Fsp3) is 0.417. The van der Waals surface area contributed by atoms with Gasteiger partial charge in [-0.2, -0.15) is 0 Å². The summed E-state index contributed by atoms with van der Waals surface area (Å²) in [5.41, 5.74) is 1.01. The van der Waals surface area contributed by atoms with Crippen LogP contribution in [0.25, 0.3) is 0 Å². The van der Waals surface area contributed by atoms with Crippen LogP contribution < -0.4 is 14.4 Å². The van der Waals surface area contributed by atoms with E-state index in [-0.39, 0.29) is 18.1 Å². The van der Waals surface area contributed by atoms with Gasteiger partial charge < -0.3 is 15.0 Å². The fourth-order valence-corrected chi connectivity index (χ4v) is 4.48. The van der Waals surface area contributed by atoms with Crippen LogP contribution in [0.5, 0.6) is 5.75 Å². The van der Waals surface area contributed by atoms with Crippen LogP contribution in [0.2, 0.25) is 5.02 Å². The lowest BCUT2D eigenvalue weighted by Crippen LogP contribution is -2.52. The summed E-state index contributed by atoms with van der Waals surface area (Å²) in [5.74, 6) is -0.475.